The molecule has 19 heavy (non-hydrogen) atoms. The Kier molecular flexibility index (Phi) is 4.96. The molecule has 1 aliphatic heterocycles. The molecule has 1 aliphatic carbocycles. The standard InChI is InChI=1S/C14H22N2O3/c1-19-11-14(18)16-8-6-15(7-9-16)13(17)10-12-4-2-3-5-12/h2,4,12H,3,5-11H2,1H3/t12-/m1/s1. The van der Waals surface area contributed by atoms with Crippen LogP contribution >= 0.6 is 0 Å². The summed E-state index contributed by atoms with van der Waals surface area (Å²) in [7, 11) is 1.52. The number of hydrogen-bond donors (Lipinski definition) is 0. The van der Waals surface area contributed by atoms with Gasteiger partial charge in [-0.15, -0.1) is 0 Å². The van der Waals surface area contributed by atoms with Crippen LogP contribution in [-0.4, -0.2) is 61.5 Å². The summed E-state index contributed by atoms with van der Waals surface area (Å²) < 4.78 is 4.84. The highest BCUT2D eigenvalue weighted by atomic mass is 16.5. The number of nitrogens with zero attached hydrogens (tertiary/aromatic N) is 2. The van der Waals surface area contributed by atoms with E-state index >= 15 is 0 Å². The van der Waals surface area contributed by atoms with E-state index in [2.05, 4.69) is 12.2 Å². The average molecular weight is 266 g/mol. The molecule has 1 fully saturated rings. The Labute approximate surface area is 114 Å². The lowest BCUT2D eigenvalue weighted by atomic mass is 10.0. The van der Waals surface area contributed by atoms with Crippen LogP contribution in [0.5, 0.6) is 0 Å². The van der Waals surface area contributed by atoms with Gasteiger partial charge in [-0.25, -0.2) is 0 Å². The van der Waals surface area contributed by atoms with Crippen LogP contribution in [0.15, 0.2) is 12.2 Å². The molecule has 2 rings (SSSR count). The second-order valence-corrected chi connectivity index (χ2v) is 5.16. The zero-order valence-electron chi connectivity index (χ0n) is 11.5. The Hall–Kier alpha value is -1.36. The number of piperazine rings is 1. The third-order valence-electron chi connectivity index (χ3n) is 3.80. The van der Waals surface area contributed by atoms with Gasteiger partial charge in [0.1, 0.15) is 6.61 Å². The van der Waals surface area contributed by atoms with Crippen molar-refractivity contribution in [2.45, 2.75) is 19.3 Å². The molecule has 1 saturated heterocycles. The third-order valence-corrected chi connectivity index (χ3v) is 3.80. The van der Waals surface area contributed by atoms with Gasteiger partial charge >= 0.3 is 0 Å². The smallest absolute Gasteiger partial charge is 0.248 e. The highest BCUT2D eigenvalue weighted by Crippen LogP contribution is 2.21. The molecule has 1 heterocycles. The van der Waals surface area contributed by atoms with E-state index in [-0.39, 0.29) is 18.4 Å². The molecule has 0 unspecified atom stereocenters. The Balaban J connectivity index is 1.74. The fourth-order valence-corrected chi connectivity index (χ4v) is 2.64. The van der Waals surface area contributed by atoms with Crippen LogP contribution in [0.3, 0.4) is 0 Å². The molecule has 5 heteroatoms. The first kappa shape index (κ1) is 14.1. The molecule has 0 aromatic heterocycles. The SMILES string of the molecule is COCC(=O)N1CCN(C(=O)C[C@@H]2C=CCC2)CC1. The minimum absolute atomic E-state index is 0.00771. The van der Waals surface area contributed by atoms with Crippen molar-refractivity contribution in [2.75, 3.05) is 39.9 Å². The van der Waals surface area contributed by atoms with Gasteiger partial charge in [-0.05, 0) is 18.8 Å². The summed E-state index contributed by atoms with van der Waals surface area (Å²) in [5.41, 5.74) is 0. The lowest BCUT2D eigenvalue weighted by Gasteiger charge is -2.35. The lowest BCUT2D eigenvalue weighted by Crippen LogP contribution is -2.51. The van der Waals surface area contributed by atoms with Gasteiger partial charge in [-0.3, -0.25) is 9.59 Å². The van der Waals surface area contributed by atoms with Crippen LogP contribution in [0.25, 0.3) is 0 Å². The highest BCUT2D eigenvalue weighted by molar-refractivity contribution is 5.79. The minimum atomic E-state index is 0.00771. The molecule has 1 atom stereocenters. The maximum Gasteiger partial charge on any atom is 0.248 e. The summed E-state index contributed by atoms with van der Waals surface area (Å²) in [6.45, 7) is 2.65. The normalized spacial score (nSPS) is 22.9. The monoisotopic (exact) mass is 266 g/mol. The van der Waals surface area contributed by atoms with Crippen molar-refractivity contribution in [2.24, 2.45) is 5.92 Å². The van der Waals surface area contributed by atoms with Crippen LogP contribution in [0, 0.1) is 5.92 Å². The van der Waals surface area contributed by atoms with Gasteiger partial charge in [-0.2, -0.15) is 0 Å². The fraction of sp³-hybridized carbons (Fsp3) is 0.714. The molecule has 0 aromatic carbocycles. The van der Waals surface area contributed by atoms with E-state index in [1.165, 1.54) is 7.11 Å². The molecule has 0 bridgehead atoms. The topological polar surface area (TPSA) is 49.9 Å². The van der Waals surface area contributed by atoms with Crippen LogP contribution in [0.1, 0.15) is 19.3 Å². The summed E-state index contributed by atoms with van der Waals surface area (Å²) in [5.74, 6) is 0.643. The quantitative estimate of drug-likeness (QED) is 0.702. The molecule has 0 saturated carbocycles. The molecule has 0 aromatic rings. The van der Waals surface area contributed by atoms with Crippen molar-refractivity contribution < 1.29 is 14.3 Å². The van der Waals surface area contributed by atoms with Crippen LogP contribution in [-0.2, 0) is 14.3 Å². The van der Waals surface area contributed by atoms with Crippen LogP contribution in [0.2, 0.25) is 0 Å². The summed E-state index contributed by atoms with van der Waals surface area (Å²) in [6.07, 6.45) is 7.10. The number of hydrogen-bond acceptors (Lipinski definition) is 3. The van der Waals surface area contributed by atoms with Gasteiger partial charge in [0.15, 0.2) is 0 Å². The third kappa shape index (κ3) is 3.80. The number of amides is 2. The fourth-order valence-electron chi connectivity index (χ4n) is 2.64. The molecule has 106 valence electrons. The number of carbonyl (C=O) groups excluding carboxylic acids is 2. The Morgan fingerprint density at radius 2 is 1.79 bits per heavy atom. The molecule has 0 spiro atoms. The summed E-state index contributed by atoms with van der Waals surface area (Å²) in [5, 5.41) is 0. The first-order valence-corrected chi connectivity index (χ1v) is 6.92. The number of carbonyl (C=O) groups is 2. The Morgan fingerprint density at radius 3 is 2.32 bits per heavy atom. The second-order valence-electron chi connectivity index (χ2n) is 5.16. The van der Waals surface area contributed by atoms with Gasteiger partial charge in [-0.1, -0.05) is 12.2 Å². The van der Waals surface area contributed by atoms with Gasteiger partial charge in [0.05, 0.1) is 0 Å². The maximum absolute atomic E-state index is 12.1. The van der Waals surface area contributed by atoms with Crippen molar-refractivity contribution in [1.29, 1.82) is 0 Å². The van der Waals surface area contributed by atoms with E-state index in [4.69, 9.17) is 4.74 Å². The zero-order chi connectivity index (χ0) is 13.7. The molecule has 0 radical (unpaired) electrons. The van der Waals surface area contributed by atoms with E-state index < -0.39 is 0 Å². The predicted molar refractivity (Wildman–Crippen MR) is 71.5 cm³/mol. The maximum atomic E-state index is 12.1. The van der Waals surface area contributed by atoms with E-state index in [0.29, 0.717) is 38.5 Å². The van der Waals surface area contributed by atoms with Gasteiger partial charge in [0.2, 0.25) is 11.8 Å². The van der Waals surface area contributed by atoms with E-state index in [0.717, 1.165) is 12.8 Å². The zero-order valence-corrected chi connectivity index (χ0v) is 11.5. The van der Waals surface area contributed by atoms with Crippen molar-refractivity contribution in [3.63, 3.8) is 0 Å². The lowest BCUT2D eigenvalue weighted by molar-refractivity contribution is -0.142. The van der Waals surface area contributed by atoms with Crippen molar-refractivity contribution in [3.05, 3.63) is 12.2 Å². The summed E-state index contributed by atoms with van der Waals surface area (Å²) in [6, 6.07) is 0. The Bertz CT molecular complexity index is 360. The first-order chi connectivity index (χ1) is 9.20. The van der Waals surface area contributed by atoms with E-state index in [9.17, 15) is 9.59 Å². The van der Waals surface area contributed by atoms with Gasteiger partial charge < -0.3 is 14.5 Å². The molecule has 2 amide bonds. The van der Waals surface area contributed by atoms with Crippen LogP contribution in [0.4, 0.5) is 0 Å². The number of allylic oxidation sites excluding steroid dienone is 2. The van der Waals surface area contributed by atoms with E-state index in [1.807, 2.05) is 4.90 Å². The molecule has 2 aliphatic rings. The first-order valence-electron chi connectivity index (χ1n) is 6.92. The molecular formula is C14H22N2O3. The largest absolute Gasteiger partial charge is 0.375 e. The van der Waals surface area contributed by atoms with Gasteiger partial charge in [0.25, 0.3) is 0 Å². The van der Waals surface area contributed by atoms with E-state index in [1.54, 1.807) is 4.90 Å². The minimum Gasteiger partial charge on any atom is -0.375 e. The predicted octanol–water partition coefficient (Wildman–Crippen LogP) is 0.660. The van der Waals surface area contributed by atoms with Crippen molar-refractivity contribution >= 4 is 11.8 Å². The molecule has 0 N–H and O–H groups in total. The number of ether oxygens (including phenoxy) is 1. The van der Waals surface area contributed by atoms with Crippen LogP contribution < -0.4 is 0 Å². The number of methoxy groups -OCH3 is 1. The summed E-state index contributed by atoms with van der Waals surface area (Å²) >= 11 is 0. The molecule has 5 nitrogen and oxygen atoms in total. The number of rotatable bonds is 4. The average Bonchev–Trinajstić information content (AvgIpc) is 2.92. The summed E-state index contributed by atoms with van der Waals surface area (Å²) in [4.78, 5) is 27.4. The van der Waals surface area contributed by atoms with Crippen molar-refractivity contribution in [3.8, 4) is 0 Å². The second kappa shape index (κ2) is 6.70. The van der Waals surface area contributed by atoms with Gasteiger partial charge in [0, 0.05) is 39.7 Å². The molecular weight excluding hydrogens is 244 g/mol. The highest BCUT2D eigenvalue weighted by Gasteiger charge is 2.25. The Morgan fingerprint density at radius 1 is 1.16 bits per heavy atom. The van der Waals surface area contributed by atoms with Crippen molar-refractivity contribution in [1.82, 2.24) is 9.80 Å².